The third kappa shape index (κ3) is 6.94. The first kappa shape index (κ1) is 29.4. The molecule has 15 heteroatoms. The summed E-state index contributed by atoms with van der Waals surface area (Å²) in [6, 6.07) is 0. The number of hydrogen-bond donors (Lipinski definition) is 9. The molecule has 11 atom stereocenters. The van der Waals surface area contributed by atoms with Crippen LogP contribution in [0.15, 0.2) is 0 Å². The molecule has 31 heavy (non-hydrogen) atoms. The lowest BCUT2D eigenvalue weighted by atomic mass is 10.0. The minimum absolute atomic E-state index is 0.125. The van der Waals surface area contributed by atoms with Gasteiger partial charge in [-0.15, -0.1) is 34.8 Å². The van der Waals surface area contributed by atoms with Gasteiger partial charge in [0.05, 0.1) is 37.0 Å². The molecular weight excluding hydrogens is 491 g/mol. The standard InChI is InChI=1S/C12H19Cl3O8.C4H10O4/c13-1-4-7(17)10(20)12(3-14,22-4)23-11-9(19)8(18)6(15)5(2-16)21-11;5-1-3(7)4(8)2-6/h4-11,16-20H,1-3H2;3-8H,1-2H2/t4-,5-,6+,7-,8+,9-,10+,11-,12+;/m1./s1. The van der Waals surface area contributed by atoms with Crippen molar-refractivity contribution in [1.82, 2.24) is 0 Å². The van der Waals surface area contributed by atoms with Crippen molar-refractivity contribution >= 4 is 34.8 Å². The van der Waals surface area contributed by atoms with Crippen molar-refractivity contribution in [1.29, 1.82) is 0 Å². The Morgan fingerprint density at radius 3 is 1.81 bits per heavy atom. The van der Waals surface area contributed by atoms with Crippen LogP contribution in [-0.2, 0) is 14.2 Å². The van der Waals surface area contributed by atoms with Crippen molar-refractivity contribution in [3.63, 3.8) is 0 Å². The van der Waals surface area contributed by atoms with Gasteiger partial charge in [0.15, 0.2) is 6.29 Å². The van der Waals surface area contributed by atoms with Gasteiger partial charge in [-0.1, -0.05) is 0 Å². The highest BCUT2D eigenvalue weighted by Gasteiger charge is 2.58. The molecule has 0 aromatic carbocycles. The third-order valence-corrected chi connectivity index (χ3v) is 5.99. The molecule has 0 saturated carbocycles. The van der Waals surface area contributed by atoms with Crippen molar-refractivity contribution in [2.45, 2.75) is 66.3 Å². The van der Waals surface area contributed by atoms with E-state index in [0.717, 1.165) is 0 Å². The van der Waals surface area contributed by atoms with Gasteiger partial charge >= 0.3 is 0 Å². The quantitative estimate of drug-likeness (QED) is 0.141. The van der Waals surface area contributed by atoms with E-state index in [1.54, 1.807) is 0 Å². The Labute approximate surface area is 193 Å². The molecule has 0 spiro atoms. The summed E-state index contributed by atoms with van der Waals surface area (Å²) in [5, 5.41) is 81.3. The Bertz CT molecular complexity index is 512. The summed E-state index contributed by atoms with van der Waals surface area (Å²) < 4.78 is 16.1. The van der Waals surface area contributed by atoms with Crippen molar-refractivity contribution < 1.29 is 60.2 Å². The smallest absolute Gasteiger partial charge is 0.214 e. The van der Waals surface area contributed by atoms with Gasteiger partial charge in [0.1, 0.15) is 48.8 Å². The number of aliphatic hydroxyl groups excluding tert-OH is 9. The fourth-order valence-corrected chi connectivity index (χ4v) is 3.62. The van der Waals surface area contributed by atoms with Crippen LogP contribution in [0.1, 0.15) is 0 Å². The van der Waals surface area contributed by atoms with Crippen LogP contribution in [0.4, 0.5) is 0 Å². The van der Waals surface area contributed by atoms with E-state index in [9.17, 15) is 25.5 Å². The molecule has 2 rings (SSSR count). The van der Waals surface area contributed by atoms with Crippen molar-refractivity contribution in [2.75, 3.05) is 31.6 Å². The van der Waals surface area contributed by atoms with E-state index in [4.69, 9.17) is 69.4 Å². The summed E-state index contributed by atoms with van der Waals surface area (Å²) in [6.07, 6.45) is -11.8. The summed E-state index contributed by atoms with van der Waals surface area (Å²) in [4.78, 5) is 0. The number of halogens is 3. The van der Waals surface area contributed by atoms with Gasteiger partial charge in [-0.25, -0.2) is 0 Å². The van der Waals surface area contributed by atoms with Crippen LogP contribution in [0.3, 0.4) is 0 Å². The van der Waals surface area contributed by atoms with Crippen molar-refractivity contribution in [2.24, 2.45) is 0 Å². The van der Waals surface area contributed by atoms with E-state index in [-0.39, 0.29) is 5.88 Å². The maximum atomic E-state index is 10.1. The van der Waals surface area contributed by atoms with Crippen LogP contribution in [0.25, 0.3) is 0 Å². The number of rotatable bonds is 8. The fourth-order valence-electron chi connectivity index (χ4n) is 2.80. The Balaban J connectivity index is 0.000000512. The Morgan fingerprint density at radius 1 is 0.871 bits per heavy atom. The molecule has 0 amide bonds. The van der Waals surface area contributed by atoms with Gasteiger partial charge in [0.2, 0.25) is 5.79 Å². The van der Waals surface area contributed by atoms with Crippen LogP contribution in [0.2, 0.25) is 0 Å². The van der Waals surface area contributed by atoms with Crippen LogP contribution in [0.5, 0.6) is 0 Å². The van der Waals surface area contributed by atoms with E-state index < -0.39 is 92.0 Å². The van der Waals surface area contributed by atoms with E-state index in [2.05, 4.69) is 0 Å². The second-order valence-corrected chi connectivity index (χ2v) is 8.04. The van der Waals surface area contributed by atoms with E-state index in [1.807, 2.05) is 0 Å². The average Bonchev–Trinajstić information content (AvgIpc) is 3.03. The summed E-state index contributed by atoms with van der Waals surface area (Å²) in [5.41, 5.74) is 0. The maximum absolute atomic E-state index is 10.1. The van der Waals surface area contributed by atoms with Crippen LogP contribution in [-0.4, -0.2) is 144 Å². The first-order valence-electron chi connectivity index (χ1n) is 9.21. The molecule has 2 unspecified atom stereocenters. The summed E-state index contributed by atoms with van der Waals surface area (Å²) in [5.74, 6) is -2.43. The van der Waals surface area contributed by atoms with Crippen molar-refractivity contribution in [3.8, 4) is 0 Å². The van der Waals surface area contributed by atoms with Gasteiger partial charge in [-0.05, 0) is 0 Å². The molecule has 0 aliphatic carbocycles. The molecule has 2 saturated heterocycles. The van der Waals surface area contributed by atoms with Crippen LogP contribution in [0, 0.1) is 0 Å². The molecule has 2 heterocycles. The molecule has 2 fully saturated rings. The monoisotopic (exact) mass is 518 g/mol. The lowest BCUT2D eigenvalue weighted by Gasteiger charge is -2.43. The molecule has 0 aromatic heterocycles. The fraction of sp³-hybridized carbons (Fsp3) is 1.00. The van der Waals surface area contributed by atoms with E-state index in [1.165, 1.54) is 0 Å². The van der Waals surface area contributed by atoms with Crippen LogP contribution >= 0.6 is 34.8 Å². The Hall–Kier alpha value is 0.390. The summed E-state index contributed by atoms with van der Waals surface area (Å²) in [6.45, 7) is -1.58. The average molecular weight is 520 g/mol. The molecule has 0 bridgehead atoms. The molecule has 0 radical (unpaired) electrons. The minimum atomic E-state index is -1.90. The van der Waals surface area contributed by atoms with Gasteiger partial charge in [0.25, 0.3) is 0 Å². The number of ether oxygens (including phenoxy) is 3. The molecule has 2 aliphatic heterocycles. The molecule has 0 aromatic rings. The van der Waals surface area contributed by atoms with E-state index in [0.29, 0.717) is 0 Å². The molecule has 12 nitrogen and oxygen atoms in total. The molecule has 9 N–H and O–H groups in total. The van der Waals surface area contributed by atoms with Crippen molar-refractivity contribution in [3.05, 3.63) is 0 Å². The zero-order valence-electron chi connectivity index (χ0n) is 16.2. The first-order chi connectivity index (χ1) is 14.5. The van der Waals surface area contributed by atoms with E-state index >= 15 is 0 Å². The first-order valence-corrected chi connectivity index (χ1v) is 10.7. The lowest BCUT2D eigenvalue weighted by Crippen LogP contribution is -2.61. The zero-order valence-corrected chi connectivity index (χ0v) is 18.5. The Morgan fingerprint density at radius 2 is 1.42 bits per heavy atom. The molecule has 186 valence electrons. The third-order valence-electron chi connectivity index (χ3n) is 4.78. The van der Waals surface area contributed by atoms with Gasteiger partial charge < -0.3 is 60.2 Å². The SMILES string of the molecule is OCC(O)C(O)CO.OC[C@H]1O[C@H](O[C@]2(CCl)O[C@H](CCl)[C@@H](O)[C@@H]2O)[C@H](O)[C@@H](O)[C@H]1Cl. The maximum Gasteiger partial charge on any atom is 0.214 e. The topological polar surface area (TPSA) is 210 Å². The number of alkyl halides is 3. The molecular formula is C16H29Cl3O12. The second-order valence-electron chi connectivity index (χ2n) is 6.96. The highest BCUT2D eigenvalue weighted by Crippen LogP contribution is 2.37. The van der Waals surface area contributed by atoms with Gasteiger partial charge in [0, 0.05) is 0 Å². The predicted octanol–water partition coefficient (Wildman–Crippen LogP) is -3.96. The summed E-state index contributed by atoms with van der Waals surface area (Å²) in [7, 11) is 0. The highest BCUT2D eigenvalue weighted by atomic mass is 35.5. The normalized spacial score (nSPS) is 42.6. The lowest BCUT2D eigenvalue weighted by molar-refractivity contribution is -0.357. The van der Waals surface area contributed by atoms with Crippen LogP contribution < -0.4 is 0 Å². The predicted molar refractivity (Wildman–Crippen MR) is 106 cm³/mol. The largest absolute Gasteiger partial charge is 0.394 e. The Kier molecular flexibility index (Phi) is 12.6. The van der Waals surface area contributed by atoms with Gasteiger partial charge in [-0.2, -0.15) is 0 Å². The summed E-state index contributed by atoms with van der Waals surface area (Å²) >= 11 is 17.3. The van der Waals surface area contributed by atoms with Gasteiger partial charge in [-0.3, -0.25) is 0 Å². The second kappa shape index (κ2) is 13.3. The minimum Gasteiger partial charge on any atom is -0.394 e. The zero-order chi connectivity index (χ0) is 23.9. The molecule has 2 aliphatic rings. The number of hydrogen-bond acceptors (Lipinski definition) is 12. The number of aliphatic hydroxyl groups is 9. The highest BCUT2D eigenvalue weighted by molar-refractivity contribution is 6.21.